The van der Waals surface area contributed by atoms with Crippen LogP contribution in [0.25, 0.3) is 0 Å². The highest BCUT2D eigenvalue weighted by Crippen LogP contribution is 2.35. The van der Waals surface area contributed by atoms with Gasteiger partial charge in [0.1, 0.15) is 17.2 Å². The minimum atomic E-state index is -0.469. The van der Waals surface area contributed by atoms with Crippen LogP contribution in [0.15, 0.2) is 42.5 Å². The second-order valence-electron chi connectivity index (χ2n) is 6.87. The van der Waals surface area contributed by atoms with Crippen LogP contribution in [0.1, 0.15) is 33.6 Å². The lowest BCUT2D eigenvalue weighted by molar-refractivity contribution is -0.385. The smallest absolute Gasteiger partial charge is 0.315 e. The van der Waals surface area contributed by atoms with Gasteiger partial charge in [-0.1, -0.05) is 27.2 Å². The van der Waals surface area contributed by atoms with E-state index in [9.17, 15) is 10.1 Å². The van der Waals surface area contributed by atoms with Crippen LogP contribution in [-0.2, 0) is 0 Å². The fourth-order valence-electron chi connectivity index (χ4n) is 2.61. The molecule has 0 amide bonds. The fraction of sp³-hybridized carbons (Fsp3) is 0.400. The Morgan fingerprint density at radius 1 is 1.04 bits per heavy atom. The van der Waals surface area contributed by atoms with Crippen molar-refractivity contribution in [1.82, 2.24) is 0 Å². The Hall–Kier alpha value is -2.76. The number of ether oxygens (including phenoxy) is 3. The SMILES string of the molecule is CCCC(C)(C)COc1ccc(Oc2ccc(OC)cc2)c([N+](=O)[O-])c1. The molecule has 0 heterocycles. The summed E-state index contributed by atoms with van der Waals surface area (Å²) in [5.41, 5.74) is -0.117. The highest BCUT2D eigenvalue weighted by Gasteiger charge is 2.21. The average molecular weight is 359 g/mol. The number of benzene rings is 2. The van der Waals surface area contributed by atoms with Crippen LogP contribution >= 0.6 is 0 Å². The third-order valence-corrected chi connectivity index (χ3v) is 3.97. The van der Waals surface area contributed by atoms with E-state index >= 15 is 0 Å². The first-order chi connectivity index (χ1) is 12.3. The van der Waals surface area contributed by atoms with E-state index in [4.69, 9.17) is 14.2 Å². The topological polar surface area (TPSA) is 70.8 Å². The van der Waals surface area contributed by atoms with E-state index in [1.807, 2.05) is 0 Å². The van der Waals surface area contributed by atoms with Crippen molar-refractivity contribution in [2.24, 2.45) is 5.41 Å². The van der Waals surface area contributed by atoms with Crippen molar-refractivity contribution < 1.29 is 19.1 Å². The molecule has 0 saturated carbocycles. The maximum atomic E-state index is 11.4. The monoisotopic (exact) mass is 359 g/mol. The maximum absolute atomic E-state index is 11.4. The standard InChI is InChI=1S/C20H25NO5/c1-5-12-20(2,3)14-25-17-10-11-19(18(13-17)21(22)23)26-16-8-6-15(24-4)7-9-16/h6-11,13H,5,12,14H2,1-4H3. The van der Waals surface area contributed by atoms with Crippen molar-refractivity contribution in [3.05, 3.63) is 52.6 Å². The lowest BCUT2D eigenvalue weighted by Gasteiger charge is -2.24. The molecule has 140 valence electrons. The van der Waals surface area contributed by atoms with Gasteiger partial charge in [0.2, 0.25) is 5.75 Å². The van der Waals surface area contributed by atoms with Crippen LogP contribution in [0.2, 0.25) is 0 Å². The molecule has 0 unspecified atom stereocenters. The lowest BCUT2D eigenvalue weighted by Crippen LogP contribution is -2.21. The Morgan fingerprint density at radius 3 is 2.23 bits per heavy atom. The molecule has 0 spiro atoms. The Balaban J connectivity index is 2.16. The van der Waals surface area contributed by atoms with Crippen molar-refractivity contribution in [1.29, 1.82) is 0 Å². The molecule has 0 atom stereocenters. The number of hydrogen-bond donors (Lipinski definition) is 0. The van der Waals surface area contributed by atoms with Gasteiger partial charge in [0, 0.05) is 0 Å². The quantitative estimate of drug-likeness (QED) is 0.430. The van der Waals surface area contributed by atoms with Gasteiger partial charge < -0.3 is 14.2 Å². The predicted molar refractivity (Wildman–Crippen MR) is 100 cm³/mol. The van der Waals surface area contributed by atoms with Crippen molar-refractivity contribution in [2.45, 2.75) is 33.6 Å². The molecule has 0 radical (unpaired) electrons. The molecule has 2 aromatic carbocycles. The van der Waals surface area contributed by atoms with Gasteiger partial charge in [-0.2, -0.15) is 0 Å². The summed E-state index contributed by atoms with van der Waals surface area (Å²) in [5, 5.41) is 11.4. The van der Waals surface area contributed by atoms with E-state index in [2.05, 4.69) is 20.8 Å². The Bertz CT molecular complexity index is 740. The third-order valence-electron chi connectivity index (χ3n) is 3.97. The van der Waals surface area contributed by atoms with E-state index in [0.717, 1.165) is 12.8 Å². The summed E-state index contributed by atoms with van der Waals surface area (Å²) in [6.07, 6.45) is 2.08. The molecular weight excluding hydrogens is 334 g/mol. The van der Waals surface area contributed by atoms with Gasteiger partial charge in [-0.25, -0.2) is 0 Å². The van der Waals surface area contributed by atoms with Gasteiger partial charge in [0.15, 0.2) is 0 Å². The number of nitro groups is 1. The Labute approximate surface area is 153 Å². The van der Waals surface area contributed by atoms with Crippen LogP contribution in [0.4, 0.5) is 5.69 Å². The molecule has 0 saturated heterocycles. The van der Waals surface area contributed by atoms with E-state index in [-0.39, 0.29) is 16.9 Å². The molecule has 6 nitrogen and oxygen atoms in total. The van der Waals surface area contributed by atoms with Crippen molar-refractivity contribution in [3.8, 4) is 23.0 Å². The summed E-state index contributed by atoms with van der Waals surface area (Å²) in [7, 11) is 1.57. The minimum absolute atomic E-state index is 0.0157. The molecule has 2 aromatic rings. The van der Waals surface area contributed by atoms with Gasteiger partial charge in [-0.15, -0.1) is 0 Å². The summed E-state index contributed by atoms with van der Waals surface area (Å²) in [6.45, 7) is 6.85. The molecule has 2 rings (SSSR count). The molecule has 0 fully saturated rings. The van der Waals surface area contributed by atoms with Gasteiger partial charge in [-0.05, 0) is 48.2 Å². The molecule has 6 heteroatoms. The van der Waals surface area contributed by atoms with Crippen LogP contribution in [0, 0.1) is 15.5 Å². The first kappa shape index (κ1) is 19.6. The summed E-state index contributed by atoms with van der Waals surface area (Å²) in [5.74, 6) is 1.81. The minimum Gasteiger partial charge on any atom is -0.497 e. The number of rotatable bonds is 9. The molecule has 0 N–H and O–H groups in total. The molecule has 0 aliphatic rings. The highest BCUT2D eigenvalue weighted by molar-refractivity contribution is 5.52. The van der Waals surface area contributed by atoms with Crippen LogP contribution in [-0.4, -0.2) is 18.6 Å². The van der Waals surface area contributed by atoms with E-state index < -0.39 is 4.92 Å². The van der Waals surface area contributed by atoms with Crippen molar-refractivity contribution in [2.75, 3.05) is 13.7 Å². The van der Waals surface area contributed by atoms with E-state index in [1.54, 1.807) is 43.5 Å². The zero-order chi connectivity index (χ0) is 19.2. The average Bonchev–Trinajstić information content (AvgIpc) is 2.61. The number of methoxy groups -OCH3 is 1. The van der Waals surface area contributed by atoms with Gasteiger partial charge in [-0.3, -0.25) is 10.1 Å². The fourth-order valence-corrected chi connectivity index (χ4v) is 2.61. The molecule has 0 aliphatic carbocycles. The molecule has 0 bridgehead atoms. The second kappa shape index (κ2) is 8.56. The Kier molecular flexibility index (Phi) is 6.44. The molecule has 0 aromatic heterocycles. The molecular formula is C20H25NO5. The number of nitro benzene ring substituents is 1. The van der Waals surface area contributed by atoms with Crippen LogP contribution < -0.4 is 14.2 Å². The Morgan fingerprint density at radius 2 is 1.65 bits per heavy atom. The van der Waals surface area contributed by atoms with Crippen molar-refractivity contribution in [3.63, 3.8) is 0 Å². The summed E-state index contributed by atoms with van der Waals surface area (Å²) < 4.78 is 16.5. The summed E-state index contributed by atoms with van der Waals surface area (Å²) in [4.78, 5) is 10.9. The first-order valence-electron chi connectivity index (χ1n) is 8.58. The second-order valence-corrected chi connectivity index (χ2v) is 6.87. The van der Waals surface area contributed by atoms with Crippen molar-refractivity contribution >= 4 is 5.69 Å². The van der Waals surface area contributed by atoms with Gasteiger partial charge >= 0.3 is 5.69 Å². The van der Waals surface area contributed by atoms with Crippen LogP contribution in [0.3, 0.4) is 0 Å². The third kappa shape index (κ3) is 5.37. The number of nitrogens with zero attached hydrogens (tertiary/aromatic N) is 1. The zero-order valence-corrected chi connectivity index (χ0v) is 15.7. The van der Waals surface area contributed by atoms with E-state index in [1.165, 1.54) is 6.07 Å². The predicted octanol–water partition coefficient (Wildman–Crippen LogP) is 5.60. The zero-order valence-electron chi connectivity index (χ0n) is 15.7. The van der Waals surface area contributed by atoms with Crippen LogP contribution in [0.5, 0.6) is 23.0 Å². The highest BCUT2D eigenvalue weighted by atomic mass is 16.6. The first-order valence-corrected chi connectivity index (χ1v) is 8.58. The molecule has 0 aliphatic heterocycles. The van der Waals surface area contributed by atoms with Gasteiger partial charge in [0.25, 0.3) is 0 Å². The maximum Gasteiger partial charge on any atom is 0.315 e. The largest absolute Gasteiger partial charge is 0.497 e. The van der Waals surface area contributed by atoms with Gasteiger partial charge in [0.05, 0.1) is 24.7 Å². The summed E-state index contributed by atoms with van der Waals surface area (Å²) in [6, 6.07) is 11.5. The molecule has 26 heavy (non-hydrogen) atoms. The lowest BCUT2D eigenvalue weighted by atomic mass is 9.89. The summed E-state index contributed by atoms with van der Waals surface area (Å²) >= 11 is 0. The van der Waals surface area contributed by atoms with E-state index in [0.29, 0.717) is 23.9 Å². The normalized spacial score (nSPS) is 11.1. The number of hydrogen-bond acceptors (Lipinski definition) is 5.